The Hall–Kier alpha value is -1.68. The zero-order valence-electron chi connectivity index (χ0n) is 11.4. The molecule has 1 heterocycles. The normalized spacial score (nSPS) is 23.9. The molecule has 4 heteroatoms. The quantitative estimate of drug-likeness (QED) is 0.884. The van der Waals surface area contributed by atoms with E-state index in [9.17, 15) is 0 Å². The van der Waals surface area contributed by atoms with Gasteiger partial charge in [0.25, 0.3) is 0 Å². The van der Waals surface area contributed by atoms with Gasteiger partial charge >= 0.3 is 0 Å². The molecule has 0 bridgehead atoms. The van der Waals surface area contributed by atoms with Crippen LogP contribution in [-0.4, -0.2) is 21.2 Å². The highest BCUT2D eigenvalue weighted by Crippen LogP contribution is 2.37. The van der Waals surface area contributed by atoms with Crippen LogP contribution in [0.1, 0.15) is 48.7 Å². The minimum Gasteiger partial charge on any atom is -0.305 e. The Bertz CT molecular complexity index is 529. The maximum atomic E-state index is 4.19. The third kappa shape index (κ3) is 2.68. The second-order valence-corrected chi connectivity index (χ2v) is 5.54. The van der Waals surface area contributed by atoms with E-state index in [1.54, 1.807) is 6.33 Å². The van der Waals surface area contributed by atoms with Crippen molar-refractivity contribution >= 4 is 0 Å². The van der Waals surface area contributed by atoms with Crippen LogP contribution in [0, 0.1) is 6.92 Å². The van der Waals surface area contributed by atoms with Crippen LogP contribution < -0.4 is 5.32 Å². The van der Waals surface area contributed by atoms with Gasteiger partial charge in [-0.2, -0.15) is 5.10 Å². The Morgan fingerprint density at radius 3 is 2.89 bits per heavy atom. The first-order valence-corrected chi connectivity index (χ1v) is 6.90. The highest BCUT2D eigenvalue weighted by atomic mass is 15.2. The first kappa shape index (κ1) is 12.4. The number of aromatic amines is 1. The predicted molar refractivity (Wildman–Crippen MR) is 74.9 cm³/mol. The van der Waals surface area contributed by atoms with Crippen molar-refractivity contribution in [1.29, 1.82) is 0 Å². The largest absolute Gasteiger partial charge is 0.305 e. The van der Waals surface area contributed by atoms with Crippen molar-refractivity contribution in [2.24, 2.45) is 0 Å². The molecule has 0 aliphatic heterocycles. The van der Waals surface area contributed by atoms with E-state index in [1.807, 2.05) is 0 Å². The first-order valence-electron chi connectivity index (χ1n) is 6.90. The molecule has 100 valence electrons. The fourth-order valence-corrected chi connectivity index (χ4v) is 2.81. The lowest BCUT2D eigenvalue weighted by molar-refractivity contribution is 0.267. The monoisotopic (exact) mass is 256 g/mol. The Balaban J connectivity index is 1.53. The molecule has 1 atom stereocenters. The summed E-state index contributed by atoms with van der Waals surface area (Å²) in [4.78, 5) is 4.19. The van der Waals surface area contributed by atoms with E-state index in [0.717, 1.165) is 5.82 Å². The number of aromatic nitrogens is 3. The summed E-state index contributed by atoms with van der Waals surface area (Å²) >= 11 is 0. The van der Waals surface area contributed by atoms with Gasteiger partial charge in [0, 0.05) is 6.04 Å². The van der Waals surface area contributed by atoms with Crippen molar-refractivity contribution in [3.8, 4) is 0 Å². The molecule has 0 amide bonds. The molecule has 2 N–H and O–H groups in total. The van der Waals surface area contributed by atoms with Crippen LogP contribution in [0.15, 0.2) is 30.6 Å². The van der Waals surface area contributed by atoms with Gasteiger partial charge in [0.05, 0.1) is 6.04 Å². The molecule has 2 aromatic rings. The van der Waals surface area contributed by atoms with Gasteiger partial charge in [0.15, 0.2) is 0 Å². The average molecular weight is 256 g/mol. The highest BCUT2D eigenvalue weighted by Gasteiger charge is 2.31. The van der Waals surface area contributed by atoms with Crippen molar-refractivity contribution < 1.29 is 0 Å². The molecule has 19 heavy (non-hydrogen) atoms. The van der Waals surface area contributed by atoms with E-state index in [-0.39, 0.29) is 6.04 Å². The van der Waals surface area contributed by atoms with Crippen LogP contribution in [0.3, 0.4) is 0 Å². The maximum Gasteiger partial charge on any atom is 0.141 e. The van der Waals surface area contributed by atoms with Gasteiger partial charge in [0.2, 0.25) is 0 Å². The fourth-order valence-electron chi connectivity index (χ4n) is 2.81. The van der Waals surface area contributed by atoms with Crippen molar-refractivity contribution in [2.75, 3.05) is 0 Å². The van der Waals surface area contributed by atoms with Crippen LogP contribution in [-0.2, 0) is 0 Å². The van der Waals surface area contributed by atoms with E-state index >= 15 is 0 Å². The molecule has 4 nitrogen and oxygen atoms in total. The van der Waals surface area contributed by atoms with Gasteiger partial charge in [-0.1, -0.05) is 29.8 Å². The molecule has 0 saturated heterocycles. The number of benzene rings is 1. The topological polar surface area (TPSA) is 53.6 Å². The molecule has 0 spiro atoms. The second-order valence-electron chi connectivity index (χ2n) is 5.54. The second kappa shape index (κ2) is 5.13. The summed E-state index contributed by atoms with van der Waals surface area (Å²) in [6.07, 6.45) is 3.98. The molecule has 3 rings (SSSR count). The summed E-state index contributed by atoms with van der Waals surface area (Å²) in [5, 5.41) is 10.4. The predicted octanol–water partition coefficient (Wildman–Crippen LogP) is 2.71. The summed E-state index contributed by atoms with van der Waals surface area (Å²) in [6, 6.07) is 9.69. The van der Waals surface area contributed by atoms with Crippen molar-refractivity contribution in [3.63, 3.8) is 0 Å². The van der Waals surface area contributed by atoms with Gasteiger partial charge in [-0.15, -0.1) is 0 Å². The molecule has 1 aromatic heterocycles. The van der Waals surface area contributed by atoms with Gasteiger partial charge in [0.1, 0.15) is 12.2 Å². The summed E-state index contributed by atoms with van der Waals surface area (Å²) in [7, 11) is 0. The van der Waals surface area contributed by atoms with Crippen LogP contribution in [0.5, 0.6) is 0 Å². The zero-order chi connectivity index (χ0) is 13.2. The summed E-state index contributed by atoms with van der Waals surface area (Å²) in [5.41, 5.74) is 2.83. The standard InChI is InChI=1S/C15H20N4/c1-10-4-3-5-12(6-10)13-7-14(8-13)18-11(2)15-16-9-17-19-15/h3-6,9,11,13-14,18H,7-8H2,1-2H3,(H,16,17,19). The van der Waals surface area contributed by atoms with Crippen molar-refractivity contribution in [1.82, 2.24) is 20.5 Å². The minimum atomic E-state index is 0.242. The number of hydrogen-bond acceptors (Lipinski definition) is 3. The van der Waals surface area contributed by atoms with E-state index in [4.69, 9.17) is 0 Å². The highest BCUT2D eigenvalue weighted by molar-refractivity contribution is 5.27. The van der Waals surface area contributed by atoms with Gasteiger partial charge in [-0.3, -0.25) is 5.10 Å². The van der Waals surface area contributed by atoms with Crippen LogP contribution in [0.4, 0.5) is 0 Å². The lowest BCUT2D eigenvalue weighted by Gasteiger charge is -2.38. The number of nitrogens with one attached hydrogen (secondary N) is 2. The first-order chi connectivity index (χ1) is 9.22. The lowest BCUT2D eigenvalue weighted by Crippen LogP contribution is -2.41. The van der Waals surface area contributed by atoms with E-state index in [0.29, 0.717) is 12.0 Å². The van der Waals surface area contributed by atoms with E-state index in [1.165, 1.54) is 24.0 Å². The Morgan fingerprint density at radius 2 is 2.21 bits per heavy atom. The third-order valence-electron chi connectivity index (χ3n) is 3.98. The fraction of sp³-hybridized carbons (Fsp3) is 0.467. The molecule has 1 aromatic carbocycles. The number of hydrogen-bond donors (Lipinski definition) is 2. The molecule has 1 unspecified atom stereocenters. The molecular formula is C15H20N4. The van der Waals surface area contributed by atoms with Crippen molar-refractivity contribution in [3.05, 3.63) is 47.5 Å². The van der Waals surface area contributed by atoms with Gasteiger partial charge in [-0.25, -0.2) is 4.98 Å². The zero-order valence-corrected chi connectivity index (χ0v) is 11.4. The third-order valence-corrected chi connectivity index (χ3v) is 3.98. The molecule has 0 radical (unpaired) electrons. The smallest absolute Gasteiger partial charge is 0.141 e. The van der Waals surface area contributed by atoms with E-state index in [2.05, 4.69) is 58.6 Å². The van der Waals surface area contributed by atoms with Crippen LogP contribution >= 0.6 is 0 Å². The summed E-state index contributed by atoms with van der Waals surface area (Å²) in [5.74, 6) is 1.62. The Kier molecular flexibility index (Phi) is 3.34. The van der Waals surface area contributed by atoms with Crippen LogP contribution in [0.25, 0.3) is 0 Å². The lowest BCUT2D eigenvalue weighted by atomic mass is 9.75. The Labute approximate surface area is 113 Å². The SMILES string of the molecule is Cc1cccc(C2CC(NC(C)c3ncn[nH]3)C2)c1. The molecule has 1 aliphatic rings. The van der Waals surface area contributed by atoms with Crippen LogP contribution in [0.2, 0.25) is 0 Å². The molecule has 1 saturated carbocycles. The molecule has 1 aliphatic carbocycles. The number of H-pyrrole nitrogens is 1. The number of aryl methyl sites for hydroxylation is 1. The number of nitrogens with zero attached hydrogens (tertiary/aromatic N) is 2. The maximum absolute atomic E-state index is 4.19. The number of rotatable bonds is 4. The van der Waals surface area contributed by atoms with E-state index < -0.39 is 0 Å². The van der Waals surface area contributed by atoms with Crippen molar-refractivity contribution in [2.45, 2.75) is 44.7 Å². The Morgan fingerprint density at radius 1 is 1.37 bits per heavy atom. The van der Waals surface area contributed by atoms with Gasteiger partial charge in [-0.05, 0) is 38.2 Å². The molecule has 1 fully saturated rings. The van der Waals surface area contributed by atoms with Gasteiger partial charge < -0.3 is 5.32 Å². The average Bonchev–Trinajstić information content (AvgIpc) is 2.86. The summed E-state index contributed by atoms with van der Waals surface area (Å²) in [6.45, 7) is 4.28. The molecular weight excluding hydrogens is 236 g/mol. The summed E-state index contributed by atoms with van der Waals surface area (Å²) < 4.78 is 0. The minimum absolute atomic E-state index is 0.242.